The number of aromatic nitrogens is 2. The highest BCUT2D eigenvalue weighted by molar-refractivity contribution is 5.44. The van der Waals surface area contributed by atoms with Gasteiger partial charge >= 0.3 is 0 Å². The summed E-state index contributed by atoms with van der Waals surface area (Å²) in [5, 5.41) is 6.60. The van der Waals surface area contributed by atoms with Gasteiger partial charge in [-0.15, -0.1) is 0 Å². The molecule has 17 heavy (non-hydrogen) atoms. The lowest BCUT2D eigenvalue weighted by Gasteiger charge is -2.13. The fourth-order valence-electron chi connectivity index (χ4n) is 2.50. The summed E-state index contributed by atoms with van der Waals surface area (Å²) in [7, 11) is 1.92. The quantitative estimate of drug-likeness (QED) is 0.838. The van der Waals surface area contributed by atoms with E-state index in [1.54, 1.807) is 0 Å². The van der Waals surface area contributed by atoms with E-state index in [9.17, 15) is 0 Å². The van der Waals surface area contributed by atoms with Crippen LogP contribution in [-0.4, -0.2) is 23.1 Å². The molecule has 0 bridgehead atoms. The van der Waals surface area contributed by atoms with Crippen molar-refractivity contribution in [2.75, 3.05) is 17.7 Å². The number of anilines is 2. The first-order chi connectivity index (χ1) is 8.35. The van der Waals surface area contributed by atoms with Crippen molar-refractivity contribution in [2.24, 2.45) is 0 Å². The lowest BCUT2D eigenvalue weighted by atomic mass is 10.2. The maximum atomic E-state index is 4.64. The normalized spacial score (nSPS) is 20.5. The molecule has 0 aliphatic heterocycles. The van der Waals surface area contributed by atoms with E-state index in [-0.39, 0.29) is 0 Å². The standard InChI is InChI=1S/C13H20N4/c1-14-12-8-11(9-6-7-9)16-13(17-12)15-10-4-2-3-5-10/h8-10H,2-7H2,1H3,(H2,14,15,16,17). The molecule has 92 valence electrons. The van der Waals surface area contributed by atoms with Crippen molar-refractivity contribution in [3.05, 3.63) is 11.8 Å². The van der Waals surface area contributed by atoms with Gasteiger partial charge in [-0.1, -0.05) is 12.8 Å². The van der Waals surface area contributed by atoms with Crippen molar-refractivity contribution in [3.63, 3.8) is 0 Å². The molecule has 2 N–H and O–H groups in total. The van der Waals surface area contributed by atoms with Crippen LogP contribution in [0.3, 0.4) is 0 Å². The van der Waals surface area contributed by atoms with Crippen LogP contribution in [0.2, 0.25) is 0 Å². The summed E-state index contributed by atoms with van der Waals surface area (Å²) in [5.41, 5.74) is 1.20. The zero-order valence-electron chi connectivity index (χ0n) is 10.4. The number of nitrogens with one attached hydrogen (secondary N) is 2. The summed E-state index contributed by atoms with van der Waals surface area (Å²) in [6, 6.07) is 2.66. The van der Waals surface area contributed by atoms with Gasteiger partial charge in [0.2, 0.25) is 5.95 Å². The summed E-state index contributed by atoms with van der Waals surface area (Å²) in [5.74, 6) is 2.42. The summed E-state index contributed by atoms with van der Waals surface area (Å²) in [6.45, 7) is 0. The average molecular weight is 232 g/mol. The molecular formula is C13H20N4. The molecule has 4 nitrogen and oxygen atoms in total. The van der Waals surface area contributed by atoms with Crippen LogP contribution in [0, 0.1) is 0 Å². The molecule has 1 aromatic heterocycles. The molecule has 3 rings (SSSR count). The number of rotatable bonds is 4. The molecular weight excluding hydrogens is 212 g/mol. The minimum absolute atomic E-state index is 0.578. The summed E-state index contributed by atoms with van der Waals surface area (Å²) >= 11 is 0. The molecule has 0 spiro atoms. The van der Waals surface area contributed by atoms with Crippen molar-refractivity contribution in [3.8, 4) is 0 Å². The van der Waals surface area contributed by atoms with Gasteiger partial charge in [0.25, 0.3) is 0 Å². The second-order valence-corrected chi connectivity index (χ2v) is 5.15. The SMILES string of the molecule is CNc1cc(C2CC2)nc(NC2CCCC2)n1. The van der Waals surface area contributed by atoms with Gasteiger partial charge in [0, 0.05) is 25.1 Å². The van der Waals surface area contributed by atoms with Crippen molar-refractivity contribution < 1.29 is 0 Å². The third-order valence-electron chi connectivity index (χ3n) is 3.69. The van der Waals surface area contributed by atoms with E-state index in [0.717, 1.165) is 11.8 Å². The first kappa shape index (κ1) is 10.8. The van der Waals surface area contributed by atoms with Gasteiger partial charge in [-0.3, -0.25) is 0 Å². The van der Waals surface area contributed by atoms with Gasteiger partial charge in [0.15, 0.2) is 0 Å². The van der Waals surface area contributed by atoms with E-state index in [1.807, 2.05) is 7.05 Å². The molecule has 2 saturated carbocycles. The van der Waals surface area contributed by atoms with E-state index in [0.29, 0.717) is 12.0 Å². The highest BCUT2D eigenvalue weighted by atomic mass is 15.2. The highest BCUT2D eigenvalue weighted by Crippen LogP contribution is 2.40. The van der Waals surface area contributed by atoms with Crippen LogP contribution in [0.5, 0.6) is 0 Å². The van der Waals surface area contributed by atoms with Crippen molar-refractivity contribution in [2.45, 2.75) is 50.5 Å². The molecule has 2 aliphatic rings. The van der Waals surface area contributed by atoms with E-state index >= 15 is 0 Å². The molecule has 0 saturated heterocycles. The monoisotopic (exact) mass is 232 g/mol. The molecule has 2 fully saturated rings. The molecule has 0 aromatic carbocycles. The Morgan fingerprint density at radius 3 is 2.53 bits per heavy atom. The number of nitrogens with zero attached hydrogens (tertiary/aromatic N) is 2. The predicted octanol–water partition coefficient (Wildman–Crippen LogP) is 2.75. The third kappa shape index (κ3) is 2.51. The lowest BCUT2D eigenvalue weighted by molar-refractivity contribution is 0.742. The summed E-state index contributed by atoms with van der Waals surface area (Å²) < 4.78 is 0. The van der Waals surface area contributed by atoms with E-state index in [4.69, 9.17) is 0 Å². The van der Waals surface area contributed by atoms with Gasteiger partial charge in [0.05, 0.1) is 5.69 Å². The summed E-state index contributed by atoms with van der Waals surface area (Å²) in [6.07, 6.45) is 7.74. The van der Waals surface area contributed by atoms with Gasteiger partial charge in [-0.05, 0) is 25.7 Å². The Labute approximate surface area is 102 Å². The van der Waals surface area contributed by atoms with Crippen LogP contribution in [0.15, 0.2) is 6.07 Å². The van der Waals surface area contributed by atoms with E-state index in [1.165, 1.54) is 44.2 Å². The lowest BCUT2D eigenvalue weighted by Crippen LogP contribution is -2.17. The predicted molar refractivity (Wildman–Crippen MR) is 69.4 cm³/mol. The molecule has 0 atom stereocenters. The summed E-state index contributed by atoms with van der Waals surface area (Å²) in [4.78, 5) is 9.14. The fourth-order valence-corrected chi connectivity index (χ4v) is 2.50. The second-order valence-electron chi connectivity index (χ2n) is 5.15. The number of hydrogen-bond acceptors (Lipinski definition) is 4. The van der Waals surface area contributed by atoms with Gasteiger partial charge < -0.3 is 10.6 Å². The Morgan fingerprint density at radius 1 is 1.12 bits per heavy atom. The number of hydrogen-bond donors (Lipinski definition) is 2. The van der Waals surface area contributed by atoms with Gasteiger partial charge in [0.1, 0.15) is 5.82 Å². The van der Waals surface area contributed by atoms with Crippen LogP contribution < -0.4 is 10.6 Å². The van der Waals surface area contributed by atoms with Crippen LogP contribution in [0.4, 0.5) is 11.8 Å². The Bertz CT molecular complexity index is 394. The van der Waals surface area contributed by atoms with E-state index < -0.39 is 0 Å². The molecule has 1 heterocycles. The maximum Gasteiger partial charge on any atom is 0.225 e. The molecule has 2 aliphatic carbocycles. The molecule has 0 unspecified atom stereocenters. The second kappa shape index (κ2) is 4.51. The van der Waals surface area contributed by atoms with Gasteiger partial charge in [-0.25, -0.2) is 4.98 Å². The Morgan fingerprint density at radius 2 is 1.88 bits per heavy atom. The van der Waals surface area contributed by atoms with Crippen molar-refractivity contribution >= 4 is 11.8 Å². The molecule has 0 radical (unpaired) electrons. The minimum Gasteiger partial charge on any atom is -0.373 e. The maximum absolute atomic E-state index is 4.64. The molecule has 1 aromatic rings. The van der Waals surface area contributed by atoms with Crippen molar-refractivity contribution in [1.29, 1.82) is 0 Å². The first-order valence-corrected chi connectivity index (χ1v) is 6.68. The highest BCUT2D eigenvalue weighted by Gasteiger charge is 2.26. The largest absolute Gasteiger partial charge is 0.373 e. The van der Waals surface area contributed by atoms with Crippen LogP contribution in [0.1, 0.15) is 50.1 Å². The zero-order chi connectivity index (χ0) is 11.7. The van der Waals surface area contributed by atoms with Gasteiger partial charge in [-0.2, -0.15) is 4.98 Å². The molecule has 0 amide bonds. The van der Waals surface area contributed by atoms with Crippen LogP contribution >= 0.6 is 0 Å². The van der Waals surface area contributed by atoms with Crippen molar-refractivity contribution in [1.82, 2.24) is 9.97 Å². The minimum atomic E-state index is 0.578. The first-order valence-electron chi connectivity index (χ1n) is 6.68. The Balaban J connectivity index is 1.78. The Kier molecular flexibility index (Phi) is 2.87. The van der Waals surface area contributed by atoms with E-state index in [2.05, 4.69) is 26.7 Å². The van der Waals surface area contributed by atoms with Crippen LogP contribution in [-0.2, 0) is 0 Å². The zero-order valence-corrected chi connectivity index (χ0v) is 10.4. The third-order valence-corrected chi connectivity index (χ3v) is 3.69. The smallest absolute Gasteiger partial charge is 0.225 e. The van der Waals surface area contributed by atoms with Crippen LogP contribution in [0.25, 0.3) is 0 Å². The fraction of sp³-hybridized carbons (Fsp3) is 0.692. The Hall–Kier alpha value is -1.32. The molecule has 4 heteroatoms. The topological polar surface area (TPSA) is 49.8 Å². The average Bonchev–Trinajstić information content (AvgIpc) is 3.09.